The first kappa shape index (κ1) is 22.7. The number of nitrogens with one attached hydrogen (secondary N) is 1. The van der Waals surface area contributed by atoms with Crippen LogP contribution in [0.4, 0.5) is 0 Å². The average molecular weight is 482 g/mol. The van der Waals surface area contributed by atoms with Gasteiger partial charge >= 0.3 is 0 Å². The normalized spacial score (nSPS) is 17.6. The Labute approximate surface area is 198 Å². The van der Waals surface area contributed by atoms with Crippen molar-refractivity contribution >= 4 is 15.9 Å². The minimum Gasteiger partial charge on any atom is -0.350 e. The monoisotopic (exact) mass is 481 g/mol. The standard InChI is InChI=1S/C24H27N5O4S/c1-16-5-6-19(22-27-24(33-28-22)18-7-8-18)14-21(16)34(31,32)29-12-9-17(10-13-29)23(30)26-15-20-4-2-3-11-25-20/h2-6,11,14,17-18H,7-10,12-13,15H2,1H3,(H,26,30). The van der Waals surface area contributed by atoms with Gasteiger partial charge in [-0.2, -0.15) is 9.29 Å². The summed E-state index contributed by atoms with van der Waals surface area (Å²) in [6, 6.07) is 10.8. The molecule has 10 heteroatoms. The number of pyridine rings is 1. The Kier molecular flexibility index (Phi) is 6.18. The molecule has 2 aliphatic rings. The molecule has 5 rings (SSSR count). The van der Waals surface area contributed by atoms with E-state index in [1.165, 1.54) is 4.31 Å². The van der Waals surface area contributed by atoms with Crippen LogP contribution >= 0.6 is 0 Å². The van der Waals surface area contributed by atoms with Gasteiger partial charge < -0.3 is 9.84 Å². The molecular formula is C24H27N5O4S. The number of sulfonamides is 1. The second kappa shape index (κ2) is 9.27. The van der Waals surface area contributed by atoms with Gasteiger partial charge in [-0.3, -0.25) is 9.78 Å². The number of carbonyl (C=O) groups is 1. The SMILES string of the molecule is Cc1ccc(-c2noc(C3CC3)n2)cc1S(=O)(=O)N1CCC(C(=O)NCc2ccccn2)CC1. The van der Waals surface area contributed by atoms with Crippen LogP contribution in [-0.2, 0) is 21.4 Å². The molecule has 0 bridgehead atoms. The van der Waals surface area contributed by atoms with Gasteiger partial charge in [0.15, 0.2) is 0 Å². The van der Waals surface area contributed by atoms with Crippen LogP contribution in [0.15, 0.2) is 52.0 Å². The summed E-state index contributed by atoms with van der Waals surface area (Å²) in [5.41, 5.74) is 2.06. The van der Waals surface area contributed by atoms with E-state index < -0.39 is 10.0 Å². The number of aryl methyl sites for hydroxylation is 1. The fourth-order valence-corrected chi connectivity index (χ4v) is 5.91. The molecule has 1 amide bonds. The number of nitrogens with zero attached hydrogens (tertiary/aromatic N) is 4. The van der Waals surface area contributed by atoms with Crippen molar-refractivity contribution in [3.05, 3.63) is 59.7 Å². The minimum absolute atomic E-state index is 0.0653. The number of hydrogen-bond acceptors (Lipinski definition) is 7. The molecule has 178 valence electrons. The number of hydrogen-bond donors (Lipinski definition) is 1. The van der Waals surface area contributed by atoms with Crippen molar-refractivity contribution in [1.82, 2.24) is 24.7 Å². The smallest absolute Gasteiger partial charge is 0.243 e. The fraction of sp³-hybridized carbons (Fsp3) is 0.417. The molecule has 1 saturated heterocycles. The lowest BCUT2D eigenvalue weighted by Gasteiger charge is -2.31. The van der Waals surface area contributed by atoms with E-state index in [0.717, 1.165) is 18.5 Å². The molecule has 0 atom stereocenters. The van der Waals surface area contributed by atoms with Crippen LogP contribution in [0, 0.1) is 12.8 Å². The van der Waals surface area contributed by atoms with Gasteiger partial charge in [-0.15, -0.1) is 0 Å². The van der Waals surface area contributed by atoms with Gasteiger partial charge in [0.25, 0.3) is 0 Å². The van der Waals surface area contributed by atoms with Crippen LogP contribution in [0.3, 0.4) is 0 Å². The maximum atomic E-state index is 13.5. The molecule has 34 heavy (non-hydrogen) atoms. The van der Waals surface area contributed by atoms with Crippen LogP contribution in [0.2, 0.25) is 0 Å². The average Bonchev–Trinajstić information content (AvgIpc) is 3.60. The van der Waals surface area contributed by atoms with Gasteiger partial charge in [0.05, 0.1) is 17.1 Å². The molecule has 1 aliphatic heterocycles. The summed E-state index contributed by atoms with van der Waals surface area (Å²) in [4.78, 5) is 21.5. The summed E-state index contributed by atoms with van der Waals surface area (Å²) < 4.78 is 33.7. The number of carbonyl (C=O) groups excluding carboxylic acids is 1. The van der Waals surface area contributed by atoms with Gasteiger partial charge in [0.1, 0.15) is 0 Å². The summed E-state index contributed by atoms with van der Waals surface area (Å²) in [6.07, 6.45) is 4.73. The molecule has 3 heterocycles. The van der Waals surface area contributed by atoms with Gasteiger partial charge in [-0.1, -0.05) is 23.4 Å². The first-order chi connectivity index (χ1) is 16.4. The highest BCUT2D eigenvalue weighted by Crippen LogP contribution is 2.39. The maximum Gasteiger partial charge on any atom is 0.243 e. The summed E-state index contributed by atoms with van der Waals surface area (Å²) in [7, 11) is -3.72. The Morgan fingerprint density at radius 3 is 2.65 bits per heavy atom. The number of benzene rings is 1. The van der Waals surface area contributed by atoms with Crippen molar-refractivity contribution in [1.29, 1.82) is 0 Å². The Hall–Kier alpha value is -3.11. The van der Waals surface area contributed by atoms with E-state index in [-0.39, 0.29) is 16.7 Å². The predicted octanol–water partition coefficient (Wildman–Crippen LogP) is 3.03. The van der Waals surface area contributed by atoms with Crippen LogP contribution < -0.4 is 5.32 Å². The van der Waals surface area contributed by atoms with Crippen LogP contribution in [0.5, 0.6) is 0 Å². The highest BCUT2D eigenvalue weighted by molar-refractivity contribution is 7.89. The quantitative estimate of drug-likeness (QED) is 0.551. The zero-order valence-electron chi connectivity index (χ0n) is 19.0. The van der Waals surface area contributed by atoms with Crippen LogP contribution in [0.25, 0.3) is 11.4 Å². The summed E-state index contributed by atoms with van der Waals surface area (Å²) >= 11 is 0. The van der Waals surface area contributed by atoms with Crippen molar-refractivity contribution in [2.45, 2.75) is 50.0 Å². The van der Waals surface area contributed by atoms with E-state index in [2.05, 4.69) is 20.4 Å². The van der Waals surface area contributed by atoms with E-state index in [1.54, 1.807) is 25.3 Å². The summed E-state index contributed by atoms with van der Waals surface area (Å²) in [5.74, 6) is 1.06. The third-order valence-corrected chi connectivity index (χ3v) is 8.47. The molecule has 9 nitrogen and oxygen atoms in total. The zero-order chi connectivity index (χ0) is 23.7. The first-order valence-electron chi connectivity index (χ1n) is 11.5. The Balaban J connectivity index is 1.25. The van der Waals surface area contributed by atoms with Crippen molar-refractivity contribution in [2.24, 2.45) is 5.92 Å². The highest BCUT2D eigenvalue weighted by Gasteiger charge is 2.34. The third kappa shape index (κ3) is 4.74. The molecular weight excluding hydrogens is 454 g/mol. The largest absolute Gasteiger partial charge is 0.350 e. The highest BCUT2D eigenvalue weighted by atomic mass is 32.2. The second-order valence-electron chi connectivity index (χ2n) is 8.93. The van der Waals surface area contributed by atoms with Gasteiger partial charge in [0.2, 0.25) is 27.6 Å². The van der Waals surface area contributed by atoms with Crippen LogP contribution in [-0.4, -0.2) is 46.8 Å². The lowest BCUT2D eigenvalue weighted by molar-refractivity contribution is -0.126. The Morgan fingerprint density at radius 1 is 1.15 bits per heavy atom. The molecule has 1 saturated carbocycles. The van der Waals surface area contributed by atoms with E-state index in [4.69, 9.17) is 4.52 Å². The van der Waals surface area contributed by atoms with Crippen molar-refractivity contribution < 1.29 is 17.7 Å². The molecule has 1 N–H and O–H groups in total. The van der Waals surface area contributed by atoms with Gasteiger partial charge in [-0.05, 0) is 56.4 Å². The summed E-state index contributed by atoms with van der Waals surface area (Å²) in [5, 5.41) is 6.95. The number of rotatable bonds is 7. The molecule has 1 aromatic carbocycles. The predicted molar refractivity (Wildman–Crippen MR) is 124 cm³/mol. The number of aromatic nitrogens is 3. The topological polar surface area (TPSA) is 118 Å². The van der Waals surface area contributed by atoms with Crippen molar-refractivity contribution in [3.63, 3.8) is 0 Å². The Bertz CT molecular complexity index is 1280. The third-order valence-electron chi connectivity index (χ3n) is 6.43. The molecule has 0 radical (unpaired) electrons. The van der Waals surface area contributed by atoms with Crippen molar-refractivity contribution in [2.75, 3.05) is 13.1 Å². The van der Waals surface area contributed by atoms with Crippen LogP contribution in [0.1, 0.15) is 48.7 Å². The van der Waals surface area contributed by atoms with Gasteiger partial charge in [-0.25, -0.2) is 8.42 Å². The summed E-state index contributed by atoms with van der Waals surface area (Å²) in [6.45, 7) is 2.73. The Morgan fingerprint density at radius 2 is 1.94 bits per heavy atom. The molecule has 2 aromatic heterocycles. The molecule has 0 unspecified atom stereocenters. The number of piperidine rings is 1. The molecule has 2 fully saturated rings. The van der Waals surface area contributed by atoms with Gasteiger partial charge in [0, 0.05) is 36.7 Å². The number of amides is 1. The maximum absolute atomic E-state index is 13.5. The molecule has 0 spiro atoms. The molecule has 3 aromatic rings. The fourth-order valence-electron chi connectivity index (χ4n) is 4.19. The van der Waals surface area contributed by atoms with E-state index in [1.807, 2.05) is 24.3 Å². The van der Waals surface area contributed by atoms with E-state index >= 15 is 0 Å². The van der Waals surface area contributed by atoms with E-state index in [9.17, 15) is 13.2 Å². The first-order valence-corrected chi connectivity index (χ1v) is 13.0. The molecule has 1 aliphatic carbocycles. The van der Waals surface area contributed by atoms with E-state index in [0.29, 0.717) is 61.2 Å². The zero-order valence-corrected chi connectivity index (χ0v) is 19.8. The lowest BCUT2D eigenvalue weighted by Crippen LogP contribution is -2.43. The minimum atomic E-state index is -3.72. The lowest BCUT2D eigenvalue weighted by atomic mass is 9.97. The second-order valence-corrected chi connectivity index (χ2v) is 10.8. The van der Waals surface area contributed by atoms with Crippen molar-refractivity contribution in [3.8, 4) is 11.4 Å².